The van der Waals surface area contributed by atoms with Crippen molar-refractivity contribution in [2.75, 3.05) is 13.6 Å². The highest BCUT2D eigenvalue weighted by molar-refractivity contribution is 6.08. The van der Waals surface area contributed by atoms with Gasteiger partial charge < -0.3 is 5.32 Å². The Kier molecular flexibility index (Phi) is 2.50. The van der Waals surface area contributed by atoms with E-state index < -0.39 is 0 Å². The molecule has 2 fully saturated rings. The Morgan fingerprint density at radius 3 is 2.11 bits per heavy atom. The number of nitrogens with zero attached hydrogens (tertiary/aromatic N) is 1. The number of rotatable bonds is 2. The molecule has 4 aliphatic rings. The average molecular weight is 248 g/mol. The summed E-state index contributed by atoms with van der Waals surface area (Å²) in [6.45, 7) is -0.138. The molecule has 3 amide bonds. The summed E-state index contributed by atoms with van der Waals surface area (Å²) in [5.74, 6) is -0.676. The molecule has 0 aromatic carbocycles. The Morgan fingerprint density at radius 1 is 1.22 bits per heavy atom. The predicted molar refractivity (Wildman–Crippen MR) is 63.1 cm³/mol. The molecule has 5 nitrogen and oxygen atoms in total. The third-order valence-corrected chi connectivity index (χ3v) is 4.43. The zero-order valence-corrected chi connectivity index (χ0v) is 10.3. The van der Waals surface area contributed by atoms with Gasteiger partial charge in [0.25, 0.3) is 0 Å². The fourth-order valence-electron chi connectivity index (χ4n) is 3.51. The van der Waals surface area contributed by atoms with Crippen molar-refractivity contribution < 1.29 is 14.4 Å². The van der Waals surface area contributed by atoms with Gasteiger partial charge in [-0.1, -0.05) is 12.2 Å². The summed E-state index contributed by atoms with van der Waals surface area (Å²) in [5, 5.41) is 2.45. The molecule has 0 aromatic rings. The molecule has 0 radical (unpaired) electrons. The Balaban J connectivity index is 1.88. The van der Waals surface area contributed by atoms with Crippen molar-refractivity contribution in [2.45, 2.75) is 12.8 Å². The van der Waals surface area contributed by atoms with Gasteiger partial charge in [0.1, 0.15) is 6.54 Å². The third-order valence-electron chi connectivity index (χ3n) is 4.43. The van der Waals surface area contributed by atoms with Crippen LogP contribution in [0.1, 0.15) is 12.8 Å². The van der Waals surface area contributed by atoms with E-state index in [2.05, 4.69) is 17.5 Å². The summed E-state index contributed by atoms with van der Waals surface area (Å²) in [6, 6.07) is 0. The monoisotopic (exact) mass is 248 g/mol. The molecule has 96 valence electrons. The van der Waals surface area contributed by atoms with Crippen LogP contribution in [0.2, 0.25) is 0 Å². The minimum absolute atomic E-state index is 0.138. The van der Waals surface area contributed by atoms with Gasteiger partial charge in [0, 0.05) is 7.05 Å². The Hall–Kier alpha value is -1.65. The lowest BCUT2D eigenvalue weighted by Gasteiger charge is -2.38. The number of fused-ring (bicyclic) bond motifs is 1. The number of nitrogens with one attached hydrogen (secondary N) is 1. The smallest absolute Gasteiger partial charge is 0.239 e. The normalized spacial score (nSPS) is 37.1. The van der Waals surface area contributed by atoms with Gasteiger partial charge in [-0.05, 0) is 24.7 Å². The molecule has 1 N–H and O–H groups in total. The Labute approximate surface area is 105 Å². The van der Waals surface area contributed by atoms with Crippen LogP contribution >= 0.6 is 0 Å². The summed E-state index contributed by atoms with van der Waals surface area (Å²) < 4.78 is 0. The van der Waals surface area contributed by atoms with Crippen molar-refractivity contribution in [3.63, 3.8) is 0 Å². The van der Waals surface area contributed by atoms with Crippen LogP contribution in [0.3, 0.4) is 0 Å². The van der Waals surface area contributed by atoms with Gasteiger partial charge in [-0.25, -0.2) is 0 Å². The number of amides is 3. The van der Waals surface area contributed by atoms with E-state index in [1.807, 2.05) is 0 Å². The number of hydrogen-bond donors (Lipinski definition) is 1. The molecule has 3 aliphatic carbocycles. The van der Waals surface area contributed by atoms with E-state index >= 15 is 0 Å². The SMILES string of the molecule is CNC(=O)CN1C(=O)[C@@H]2[C@H](C1=O)[C@H]1C=C[C@H]2CC1. The maximum atomic E-state index is 12.3. The van der Waals surface area contributed by atoms with Gasteiger partial charge in [0.2, 0.25) is 17.7 Å². The van der Waals surface area contributed by atoms with Crippen LogP contribution in [0.5, 0.6) is 0 Å². The van der Waals surface area contributed by atoms with Crippen molar-refractivity contribution in [1.29, 1.82) is 0 Å². The molecule has 0 aromatic heterocycles. The number of carbonyl (C=O) groups is 3. The van der Waals surface area contributed by atoms with Crippen LogP contribution in [0, 0.1) is 23.7 Å². The van der Waals surface area contributed by atoms with Crippen molar-refractivity contribution in [1.82, 2.24) is 10.2 Å². The molecular weight excluding hydrogens is 232 g/mol. The number of likely N-dealkylation sites (tertiary alicyclic amines) is 1. The summed E-state index contributed by atoms with van der Waals surface area (Å²) >= 11 is 0. The maximum Gasteiger partial charge on any atom is 0.239 e. The maximum absolute atomic E-state index is 12.3. The number of imide groups is 1. The quantitative estimate of drug-likeness (QED) is 0.549. The Morgan fingerprint density at radius 2 is 1.72 bits per heavy atom. The average Bonchev–Trinajstić information content (AvgIpc) is 2.67. The lowest BCUT2D eigenvalue weighted by Crippen LogP contribution is -2.40. The molecule has 1 saturated heterocycles. The second-order valence-corrected chi connectivity index (χ2v) is 5.28. The van der Waals surface area contributed by atoms with E-state index in [0.717, 1.165) is 17.7 Å². The summed E-state index contributed by atoms with van der Waals surface area (Å²) in [4.78, 5) is 37.1. The van der Waals surface area contributed by atoms with Crippen LogP contribution in [0.25, 0.3) is 0 Å². The van der Waals surface area contributed by atoms with Gasteiger partial charge in [-0.3, -0.25) is 19.3 Å². The number of likely N-dealkylation sites (N-methyl/N-ethyl adjacent to an activating group) is 1. The third kappa shape index (κ3) is 1.43. The standard InChI is InChI=1S/C13H16N2O3/c1-14-9(16)6-15-12(17)10-7-2-3-8(5-4-7)11(10)13(15)18/h2-3,7-8,10-11H,4-6H2,1H3,(H,14,16)/t7-,8-,10-,11+/m0/s1. The molecule has 4 rings (SSSR count). The van der Waals surface area contributed by atoms with Gasteiger partial charge in [-0.2, -0.15) is 0 Å². The lowest BCUT2D eigenvalue weighted by molar-refractivity contribution is -0.143. The largest absolute Gasteiger partial charge is 0.358 e. The highest BCUT2D eigenvalue weighted by atomic mass is 16.2. The molecule has 1 aliphatic heterocycles. The topological polar surface area (TPSA) is 66.5 Å². The van der Waals surface area contributed by atoms with Gasteiger partial charge >= 0.3 is 0 Å². The van der Waals surface area contributed by atoms with Crippen molar-refractivity contribution in [3.05, 3.63) is 12.2 Å². The molecule has 1 saturated carbocycles. The number of allylic oxidation sites excluding steroid dienone is 2. The molecule has 18 heavy (non-hydrogen) atoms. The van der Waals surface area contributed by atoms with Crippen LogP contribution in [-0.4, -0.2) is 36.2 Å². The molecular formula is C13H16N2O3. The number of hydrogen-bond acceptors (Lipinski definition) is 3. The fourth-order valence-corrected chi connectivity index (χ4v) is 3.51. The van der Waals surface area contributed by atoms with E-state index in [4.69, 9.17) is 0 Å². The zero-order valence-electron chi connectivity index (χ0n) is 10.3. The Bertz CT molecular complexity index is 425. The minimum atomic E-state index is -0.296. The first-order valence-corrected chi connectivity index (χ1v) is 6.37. The molecule has 2 bridgehead atoms. The first-order valence-electron chi connectivity index (χ1n) is 6.37. The summed E-state index contributed by atoms with van der Waals surface area (Å²) in [6.07, 6.45) is 6.11. The van der Waals surface area contributed by atoms with Crippen LogP contribution in [-0.2, 0) is 14.4 Å². The van der Waals surface area contributed by atoms with Crippen LogP contribution in [0.15, 0.2) is 12.2 Å². The van der Waals surface area contributed by atoms with Gasteiger partial charge in [-0.15, -0.1) is 0 Å². The highest BCUT2D eigenvalue weighted by Crippen LogP contribution is 2.49. The van der Waals surface area contributed by atoms with Crippen molar-refractivity contribution >= 4 is 17.7 Å². The van der Waals surface area contributed by atoms with E-state index in [-0.39, 0.29) is 47.9 Å². The van der Waals surface area contributed by atoms with Crippen LogP contribution < -0.4 is 5.32 Å². The molecule has 5 heteroatoms. The summed E-state index contributed by atoms with van der Waals surface area (Å²) in [7, 11) is 1.51. The second kappa shape index (κ2) is 3.93. The zero-order chi connectivity index (χ0) is 12.9. The minimum Gasteiger partial charge on any atom is -0.358 e. The predicted octanol–water partition coefficient (Wildman–Crippen LogP) is -0.0704. The molecule has 0 spiro atoms. The first kappa shape index (κ1) is 11.4. The van der Waals surface area contributed by atoms with E-state index in [1.54, 1.807) is 0 Å². The first-order chi connectivity index (χ1) is 8.63. The van der Waals surface area contributed by atoms with Gasteiger partial charge in [0.15, 0.2) is 0 Å². The van der Waals surface area contributed by atoms with Crippen LogP contribution in [0.4, 0.5) is 0 Å². The molecule has 4 atom stereocenters. The highest BCUT2D eigenvalue weighted by Gasteiger charge is 2.56. The van der Waals surface area contributed by atoms with E-state index in [1.165, 1.54) is 7.05 Å². The summed E-state index contributed by atoms with van der Waals surface area (Å²) in [5.41, 5.74) is 0. The molecule has 1 heterocycles. The fraction of sp³-hybridized carbons (Fsp3) is 0.615. The van der Waals surface area contributed by atoms with Gasteiger partial charge in [0.05, 0.1) is 11.8 Å². The molecule has 0 unspecified atom stereocenters. The van der Waals surface area contributed by atoms with E-state index in [9.17, 15) is 14.4 Å². The van der Waals surface area contributed by atoms with Crippen molar-refractivity contribution in [3.8, 4) is 0 Å². The van der Waals surface area contributed by atoms with Crippen molar-refractivity contribution in [2.24, 2.45) is 23.7 Å². The van der Waals surface area contributed by atoms with E-state index in [0.29, 0.717) is 0 Å². The lowest BCUT2D eigenvalue weighted by atomic mass is 9.63. The number of carbonyl (C=O) groups excluding carboxylic acids is 3. The second-order valence-electron chi connectivity index (χ2n) is 5.28.